The summed E-state index contributed by atoms with van der Waals surface area (Å²) in [6, 6.07) is 11.7. The number of rotatable bonds is 5. The Morgan fingerprint density at radius 3 is 2.61 bits per heavy atom. The van der Waals surface area contributed by atoms with Gasteiger partial charge in [0.2, 0.25) is 11.8 Å². The van der Waals surface area contributed by atoms with Crippen LogP contribution in [0, 0.1) is 11.7 Å². The van der Waals surface area contributed by atoms with E-state index in [1.54, 1.807) is 36.4 Å². The van der Waals surface area contributed by atoms with Crippen molar-refractivity contribution in [1.82, 2.24) is 4.90 Å². The molecule has 5 nitrogen and oxygen atoms in total. The molecular weight excluding hydrogens is 381 g/mol. The molecule has 1 heterocycles. The van der Waals surface area contributed by atoms with Gasteiger partial charge in [0.25, 0.3) is 0 Å². The van der Waals surface area contributed by atoms with E-state index in [9.17, 15) is 14.0 Å². The van der Waals surface area contributed by atoms with Gasteiger partial charge < -0.3 is 10.6 Å². The van der Waals surface area contributed by atoms with E-state index in [-0.39, 0.29) is 23.5 Å². The van der Waals surface area contributed by atoms with Crippen LogP contribution in [0.2, 0.25) is 5.02 Å². The van der Waals surface area contributed by atoms with Gasteiger partial charge in [0, 0.05) is 42.0 Å². The number of halogens is 2. The number of benzene rings is 2. The monoisotopic (exact) mass is 403 g/mol. The number of anilines is 2. The quantitative estimate of drug-likeness (QED) is 0.782. The molecule has 2 N–H and O–H groups in total. The van der Waals surface area contributed by atoms with Crippen LogP contribution in [0.5, 0.6) is 0 Å². The van der Waals surface area contributed by atoms with Gasteiger partial charge in [0.15, 0.2) is 0 Å². The van der Waals surface area contributed by atoms with Crippen LogP contribution in [0.15, 0.2) is 42.5 Å². The summed E-state index contributed by atoms with van der Waals surface area (Å²) in [6.07, 6.45) is 1.63. The van der Waals surface area contributed by atoms with Crippen molar-refractivity contribution < 1.29 is 14.0 Å². The van der Waals surface area contributed by atoms with Gasteiger partial charge in [-0.25, -0.2) is 4.39 Å². The second-order valence-electron chi connectivity index (χ2n) is 7.03. The van der Waals surface area contributed by atoms with E-state index >= 15 is 0 Å². The van der Waals surface area contributed by atoms with E-state index in [2.05, 4.69) is 15.5 Å². The number of hydrogen-bond acceptors (Lipinski definition) is 3. The third-order valence-corrected chi connectivity index (χ3v) is 5.12. The van der Waals surface area contributed by atoms with Crippen molar-refractivity contribution in [3.05, 3.63) is 58.9 Å². The maximum Gasteiger partial charge on any atom is 0.228 e. The zero-order chi connectivity index (χ0) is 20.1. The molecule has 0 radical (unpaired) electrons. The Balaban J connectivity index is 1.62. The summed E-state index contributed by atoms with van der Waals surface area (Å²) in [5.41, 5.74) is 1.73. The molecule has 3 rings (SSSR count). The molecule has 1 atom stereocenters. The molecule has 2 aromatic carbocycles. The van der Waals surface area contributed by atoms with Crippen molar-refractivity contribution in [1.29, 1.82) is 0 Å². The molecule has 28 heavy (non-hydrogen) atoms. The van der Waals surface area contributed by atoms with E-state index in [1.165, 1.54) is 13.0 Å². The smallest absolute Gasteiger partial charge is 0.228 e. The van der Waals surface area contributed by atoms with Crippen LogP contribution in [0.1, 0.15) is 25.3 Å². The number of nitrogens with zero attached hydrogens (tertiary/aromatic N) is 1. The molecule has 0 spiro atoms. The highest BCUT2D eigenvalue weighted by molar-refractivity contribution is 6.31. The molecule has 0 bridgehead atoms. The van der Waals surface area contributed by atoms with Crippen LogP contribution < -0.4 is 10.6 Å². The number of carbonyl (C=O) groups excluding carboxylic acids is 2. The van der Waals surface area contributed by atoms with Gasteiger partial charge in [0.1, 0.15) is 5.82 Å². The zero-order valence-corrected chi connectivity index (χ0v) is 16.4. The number of hydrogen-bond donors (Lipinski definition) is 2. The second kappa shape index (κ2) is 9.17. The lowest BCUT2D eigenvalue weighted by Crippen LogP contribution is -2.40. The summed E-state index contributed by atoms with van der Waals surface area (Å²) >= 11 is 6.13. The topological polar surface area (TPSA) is 61.4 Å². The third-order valence-electron chi connectivity index (χ3n) is 4.77. The number of carbonyl (C=O) groups is 2. The average molecular weight is 404 g/mol. The Labute approximate surface area is 168 Å². The molecule has 7 heteroatoms. The predicted octanol–water partition coefficient (Wildman–Crippen LogP) is 4.29. The fourth-order valence-corrected chi connectivity index (χ4v) is 3.67. The van der Waals surface area contributed by atoms with Gasteiger partial charge in [-0.05, 0) is 49.7 Å². The van der Waals surface area contributed by atoms with Gasteiger partial charge in [0.05, 0.1) is 5.92 Å². The second-order valence-corrected chi connectivity index (χ2v) is 7.43. The first-order valence-corrected chi connectivity index (χ1v) is 9.64. The fraction of sp³-hybridized carbons (Fsp3) is 0.333. The Morgan fingerprint density at radius 1 is 1.18 bits per heavy atom. The molecule has 1 aliphatic rings. The molecule has 0 saturated carbocycles. The van der Waals surface area contributed by atoms with Crippen molar-refractivity contribution in [2.75, 3.05) is 23.7 Å². The highest BCUT2D eigenvalue weighted by atomic mass is 35.5. The summed E-state index contributed by atoms with van der Waals surface area (Å²) in [7, 11) is 0. The van der Waals surface area contributed by atoms with Gasteiger partial charge in [-0.2, -0.15) is 0 Å². The maximum atomic E-state index is 14.1. The molecule has 0 aromatic heterocycles. The largest absolute Gasteiger partial charge is 0.326 e. The molecule has 1 unspecified atom stereocenters. The highest BCUT2D eigenvalue weighted by Gasteiger charge is 2.26. The number of piperidine rings is 1. The van der Waals surface area contributed by atoms with Crippen LogP contribution in [0.25, 0.3) is 0 Å². The molecule has 2 amide bonds. The van der Waals surface area contributed by atoms with Crippen molar-refractivity contribution in [2.45, 2.75) is 26.3 Å². The van der Waals surface area contributed by atoms with Crippen LogP contribution in [-0.4, -0.2) is 29.8 Å². The first kappa shape index (κ1) is 20.3. The lowest BCUT2D eigenvalue weighted by Gasteiger charge is -2.32. The van der Waals surface area contributed by atoms with Gasteiger partial charge in [-0.3, -0.25) is 14.5 Å². The minimum atomic E-state index is -0.325. The lowest BCUT2D eigenvalue weighted by molar-refractivity contribution is -0.121. The number of amides is 2. The Bertz CT molecular complexity index is 854. The van der Waals surface area contributed by atoms with E-state index in [1.807, 2.05) is 0 Å². The van der Waals surface area contributed by atoms with Crippen LogP contribution in [-0.2, 0) is 16.1 Å². The molecular formula is C21H23ClFN3O2. The van der Waals surface area contributed by atoms with Gasteiger partial charge in [-0.15, -0.1) is 0 Å². The molecule has 1 aliphatic heterocycles. The molecule has 1 saturated heterocycles. The summed E-state index contributed by atoms with van der Waals surface area (Å²) < 4.78 is 14.1. The normalized spacial score (nSPS) is 17.2. The molecule has 0 aliphatic carbocycles. The first-order valence-electron chi connectivity index (χ1n) is 9.26. The van der Waals surface area contributed by atoms with E-state index in [4.69, 9.17) is 11.6 Å². The minimum Gasteiger partial charge on any atom is -0.326 e. The highest BCUT2D eigenvalue weighted by Crippen LogP contribution is 2.25. The minimum absolute atomic E-state index is 0.0793. The SMILES string of the molecule is CC(=O)Nc1cccc(NC(=O)C2CCCN(Cc3c(F)cccc3Cl)C2)c1. The first-order chi connectivity index (χ1) is 13.4. The van der Waals surface area contributed by atoms with Crippen molar-refractivity contribution in [3.8, 4) is 0 Å². The fourth-order valence-electron chi connectivity index (χ4n) is 3.44. The summed E-state index contributed by atoms with van der Waals surface area (Å²) in [4.78, 5) is 26.0. The maximum absolute atomic E-state index is 14.1. The molecule has 1 fully saturated rings. The van der Waals surface area contributed by atoms with Crippen molar-refractivity contribution in [2.24, 2.45) is 5.92 Å². The Kier molecular flexibility index (Phi) is 6.65. The molecule has 148 valence electrons. The average Bonchev–Trinajstić information content (AvgIpc) is 2.65. The Hall–Kier alpha value is -2.44. The zero-order valence-electron chi connectivity index (χ0n) is 15.7. The lowest BCUT2D eigenvalue weighted by atomic mass is 9.96. The van der Waals surface area contributed by atoms with Crippen LogP contribution in [0.4, 0.5) is 15.8 Å². The summed E-state index contributed by atoms with van der Waals surface area (Å²) in [5, 5.41) is 6.02. The van der Waals surface area contributed by atoms with E-state index in [0.29, 0.717) is 35.1 Å². The van der Waals surface area contributed by atoms with Crippen molar-refractivity contribution >= 4 is 34.8 Å². The van der Waals surface area contributed by atoms with Gasteiger partial charge >= 0.3 is 0 Å². The van der Waals surface area contributed by atoms with Crippen LogP contribution in [0.3, 0.4) is 0 Å². The summed E-state index contributed by atoms with van der Waals surface area (Å²) in [5.74, 6) is -0.764. The van der Waals surface area contributed by atoms with Crippen LogP contribution >= 0.6 is 11.6 Å². The summed E-state index contributed by atoms with van der Waals surface area (Å²) in [6.45, 7) is 3.16. The number of likely N-dealkylation sites (tertiary alicyclic amines) is 1. The van der Waals surface area contributed by atoms with Gasteiger partial charge in [-0.1, -0.05) is 23.7 Å². The van der Waals surface area contributed by atoms with E-state index in [0.717, 1.165) is 19.4 Å². The van der Waals surface area contributed by atoms with E-state index < -0.39 is 0 Å². The Morgan fingerprint density at radius 2 is 1.89 bits per heavy atom. The third kappa shape index (κ3) is 5.30. The predicted molar refractivity (Wildman–Crippen MR) is 109 cm³/mol. The molecule has 2 aromatic rings. The number of nitrogens with one attached hydrogen (secondary N) is 2. The van der Waals surface area contributed by atoms with Crippen molar-refractivity contribution in [3.63, 3.8) is 0 Å². The standard InChI is InChI=1S/C21H23ClFN3O2/c1-14(27)24-16-6-2-7-17(11-16)25-21(28)15-5-4-10-26(12-15)13-18-19(22)8-3-9-20(18)23/h2-3,6-9,11,15H,4-5,10,12-13H2,1H3,(H,24,27)(H,25,28).